The third-order valence-electron chi connectivity index (χ3n) is 5.48. The van der Waals surface area contributed by atoms with E-state index in [9.17, 15) is 0 Å². The van der Waals surface area contributed by atoms with Crippen molar-refractivity contribution in [2.24, 2.45) is 5.92 Å². The molecule has 110 valence electrons. The summed E-state index contributed by atoms with van der Waals surface area (Å²) in [7, 11) is 0. The van der Waals surface area contributed by atoms with E-state index in [0.717, 1.165) is 25.0 Å². The zero-order chi connectivity index (χ0) is 14.0. The van der Waals surface area contributed by atoms with Crippen LogP contribution < -0.4 is 5.32 Å². The Bertz CT molecular complexity index is 426. The van der Waals surface area contributed by atoms with Gasteiger partial charge in [0.2, 0.25) is 0 Å². The molecule has 1 aliphatic carbocycles. The summed E-state index contributed by atoms with van der Waals surface area (Å²) in [4.78, 5) is 2.73. The van der Waals surface area contributed by atoms with Crippen LogP contribution in [0.1, 0.15) is 45.1 Å². The lowest BCUT2D eigenvalue weighted by atomic mass is 9.79. The second-order valence-corrected chi connectivity index (χ2v) is 6.88. The largest absolute Gasteiger partial charge is 0.307 e. The van der Waals surface area contributed by atoms with Crippen LogP contribution in [0, 0.1) is 5.92 Å². The van der Waals surface area contributed by atoms with Gasteiger partial charge in [-0.15, -0.1) is 0 Å². The van der Waals surface area contributed by atoms with Crippen molar-refractivity contribution < 1.29 is 0 Å². The molecule has 1 aromatic carbocycles. The Kier molecular flexibility index (Phi) is 4.13. The molecule has 0 amide bonds. The molecule has 0 spiro atoms. The highest BCUT2D eigenvalue weighted by molar-refractivity contribution is 5.24. The number of hydrogen-bond acceptors (Lipinski definition) is 2. The summed E-state index contributed by atoms with van der Waals surface area (Å²) in [5, 5.41) is 3.79. The first-order valence-corrected chi connectivity index (χ1v) is 8.24. The van der Waals surface area contributed by atoms with Crippen LogP contribution in [0.3, 0.4) is 0 Å². The molecule has 1 N–H and O–H groups in total. The fourth-order valence-electron chi connectivity index (χ4n) is 3.75. The zero-order valence-corrected chi connectivity index (χ0v) is 12.9. The second kappa shape index (κ2) is 5.87. The van der Waals surface area contributed by atoms with Gasteiger partial charge in [0, 0.05) is 12.6 Å². The van der Waals surface area contributed by atoms with Crippen molar-refractivity contribution in [1.29, 1.82) is 0 Å². The number of rotatable bonds is 3. The van der Waals surface area contributed by atoms with Gasteiger partial charge in [-0.2, -0.15) is 0 Å². The van der Waals surface area contributed by atoms with E-state index in [1.165, 1.54) is 37.8 Å². The molecule has 1 saturated carbocycles. The van der Waals surface area contributed by atoms with Crippen molar-refractivity contribution in [3.8, 4) is 0 Å². The number of nitrogens with zero attached hydrogens (tertiary/aromatic N) is 1. The maximum atomic E-state index is 3.79. The molecule has 1 heterocycles. The quantitative estimate of drug-likeness (QED) is 0.907. The van der Waals surface area contributed by atoms with Gasteiger partial charge in [0.25, 0.3) is 0 Å². The molecule has 2 heteroatoms. The highest BCUT2D eigenvalue weighted by Gasteiger charge is 2.35. The lowest BCUT2D eigenvalue weighted by molar-refractivity contribution is 0.0912. The van der Waals surface area contributed by atoms with Crippen molar-refractivity contribution >= 4 is 0 Å². The summed E-state index contributed by atoms with van der Waals surface area (Å²) in [5.41, 5.74) is 1.52. The topological polar surface area (TPSA) is 15.3 Å². The smallest absolute Gasteiger partial charge is 0.0535 e. The van der Waals surface area contributed by atoms with Crippen molar-refractivity contribution in [3.63, 3.8) is 0 Å². The number of nitrogens with one attached hydrogen (secondary N) is 1. The van der Waals surface area contributed by atoms with E-state index in [1.807, 2.05) is 0 Å². The number of benzene rings is 1. The normalized spacial score (nSPS) is 30.5. The van der Waals surface area contributed by atoms with Crippen LogP contribution >= 0.6 is 0 Å². The van der Waals surface area contributed by atoms with E-state index in [1.54, 1.807) is 0 Å². The van der Waals surface area contributed by atoms with Gasteiger partial charge >= 0.3 is 0 Å². The fraction of sp³-hybridized carbons (Fsp3) is 0.667. The maximum absolute atomic E-state index is 3.79. The van der Waals surface area contributed by atoms with Crippen molar-refractivity contribution in [2.75, 3.05) is 19.6 Å². The third-order valence-corrected chi connectivity index (χ3v) is 5.48. The van der Waals surface area contributed by atoms with Crippen LogP contribution in [0.25, 0.3) is 0 Å². The van der Waals surface area contributed by atoms with Gasteiger partial charge in [-0.25, -0.2) is 0 Å². The molecular weight excluding hydrogens is 244 g/mol. The zero-order valence-electron chi connectivity index (χ0n) is 12.9. The standard InChI is InChI=1S/C18H28N2/c1-15(16-8-6-9-16)20-13-7-12-19-18(2,14-20)17-10-4-3-5-11-17/h3-5,10-11,15-16,19H,6-9,12-14H2,1-2H3. The molecule has 0 radical (unpaired) electrons. The van der Waals surface area contributed by atoms with Gasteiger partial charge in [-0.1, -0.05) is 36.8 Å². The Labute approximate surface area is 123 Å². The molecule has 1 saturated heterocycles. The van der Waals surface area contributed by atoms with Gasteiger partial charge in [-0.05, 0) is 57.7 Å². The van der Waals surface area contributed by atoms with Crippen LogP contribution in [0.2, 0.25) is 0 Å². The summed E-state index contributed by atoms with van der Waals surface area (Å²) >= 11 is 0. The van der Waals surface area contributed by atoms with E-state index < -0.39 is 0 Å². The molecule has 2 atom stereocenters. The molecule has 2 aliphatic rings. The molecule has 1 aromatic rings. The van der Waals surface area contributed by atoms with Gasteiger partial charge in [-0.3, -0.25) is 4.90 Å². The van der Waals surface area contributed by atoms with Crippen molar-refractivity contribution in [1.82, 2.24) is 10.2 Å². The molecule has 2 nitrogen and oxygen atoms in total. The predicted octanol–water partition coefficient (Wildman–Crippen LogP) is 3.39. The van der Waals surface area contributed by atoms with Crippen molar-refractivity contribution in [3.05, 3.63) is 35.9 Å². The Balaban J connectivity index is 1.77. The van der Waals surface area contributed by atoms with E-state index in [0.29, 0.717) is 0 Å². The molecule has 1 aliphatic heterocycles. The summed E-state index contributed by atoms with van der Waals surface area (Å²) in [6.45, 7) is 8.32. The summed E-state index contributed by atoms with van der Waals surface area (Å²) < 4.78 is 0. The first kappa shape index (κ1) is 14.1. The minimum absolute atomic E-state index is 0.0930. The van der Waals surface area contributed by atoms with E-state index in [-0.39, 0.29) is 5.54 Å². The van der Waals surface area contributed by atoms with Crippen LogP contribution in [-0.4, -0.2) is 30.6 Å². The third kappa shape index (κ3) is 2.77. The first-order chi connectivity index (χ1) is 9.69. The fourth-order valence-corrected chi connectivity index (χ4v) is 3.75. The van der Waals surface area contributed by atoms with Crippen LogP contribution in [0.4, 0.5) is 0 Å². The van der Waals surface area contributed by atoms with E-state index in [2.05, 4.69) is 54.4 Å². The Morgan fingerprint density at radius 2 is 1.95 bits per heavy atom. The predicted molar refractivity (Wildman–Crippen MR) is 84.8 cm³/mol. The van der Waals surface area contributed by atoms with Gasteiger partial charge in [0.05, 0.1) is 5.54 Å². The van der Waals surface area contributed by atoms with Gasteiger partial charge in [0.15, 0.2) is 0 Å². The SMILES string of the molecule is CC(C1CCC1)N1CCCNC(C)(c2ccccc2)C1. The van der Waals surface area contributed by atoms with Crippen LogP contribution in [0.15, 0.2) is 30.3 Å². The highest BCUT2D eigenvalue weighted by Crippen LogP contribution is 2.34. The maximum Gasteiger partial charge on any atom is 0.0535 e. The molecule has 2 unspecified atom stereocenters. The average molecular weight is 272 g/mol. The van der Waals surface area contributed by atoms with Gasteiger partial charge < -0.3 is 5.32 Å². The summed E-state index contributed by atoms with van der Waals surface area (Å²) in [5.74, 6) is 0.938. The summed E-state index contributed by atoms with van der Waals surface area (Å²) in [6, 6.07) is 11.7. The molecule has 2 fully saturated rings. The lowest BCUT2D eigenvalue weighted by Crippen LogP contribution is -2.50. The van der Waals surface area contributed by atoms with Crippen LogP contribution in [0.5, 0.6) is 0 Å². The Morgan fingerprint density at radius 3 is 2.60 bits per heavy atom. The molecule has 0 bridgehead atoms. The Hall–Kier alpha value is -0.860. The van der Waals surface area contributed by atoms with E-state index >= 15 is 0 Å². The van der Waals surface area contributed by atoms with E-state index in [4.69, 9.17) is 0 Å². The Morgan fingerprint density at radius 1 is 1.20 bits per heavy atom. The average Bonchev–Trinajstić information content (AvgIpc) is 2.61. The minimum Gasteiger partial charge on any atom is -0.307 e. The van der Waals surface area contributed by atoms with Crippen molar-refractivity contribution in [2.45, 2.75) is 51.1 Å². The molecule has 3 rings (SSSR count). The van der Waals surface area contributed by atoms with Gasteiger partial charge in [0.1, 0.15) is 0 Å². The highest BCUT2D eigenvalue weighted by atomic mass is 15.2. The second-order valence-electron chi connectivity index (χ2n) is 6.88. The summed E-state index contributed by atoms with van der Waals surface area (Å²) in [6.07, 6.45) is 5.58. The monoisotopic (exact) mass is 272 g/mol. The molecule has 20 heavy (non-hydrogen) atoms. The lowest BCUT2D eigenvalue weighted by Gasteiger charge is -2.42. The first-order valence-electron chi connectivity index (χ1n) is 8.24. The van der Waals surface area contributed by atoms with Crippen LogP contribution in [-0.2, 0) is 5.54 Å². The minimum atomic E-state index is 0.0930. The molecular formula is C18H28N2. The number of hydrogen-bond donors (Lipinski definition) is 1. The molecule has 0 aromatic heterocycles.